The quantitative estimate of drug-likeness (QED) is 0.148. The summed E-state index contributed by atoms with van der Waals surface area (Å²) >= 11 is -3.17. The zero-order chi connectivity index (χ0) is 29.8. The normalized spacial score (nSPS) is 29.4. The Morgan fingerprint density at radius 3 is 1.33 bits per heavy atom. The molecule has 1 aliphatic heterocycles. The van der Waals surface area contributed by atoms with Gasteiger partial charge in [0.2, 0.25) is 0 Å². The standard InChI is InChI=1S/C34H36O7S.Na/c35-25-30-31(36,21-26-13-5-1-6-14-26)32(37,22-27-15-7-2-8-16-27)33(38,23-28-17-9-3-10-18-28)34(41-30,42(39)40)24-29-19-11-4-12-20-29;/h1-20,30,35-38H,21-25H2,(H,39,40);/q;+1/p-1/t30-,31-,32+,33-,34?;/m1./s1. The Balaban J connectivity index is 0.00000423. The van der Waals surface area contributed by atoms with Crippen molar-refractivity contribution in [1.82, 2.24) is 0 Å². The Bertz CT molecular complexity index is 1480. The summed E-state index contributed by atoms with van der Waals surface area (Å²) in [4.78, 5) is -2.47. The summed E-state index contributed by atoms with van der Waals surface area (Å²) in [5, 5.41) is 49.5. The zero-order valence-corrected chi connectivity index (χ0v) is 26.9. The topological polar surface area (TPSA) is 130 Å². The number of aliphatic hydroxyl groups is 4. The van der Waals surface area contributed by atoms with Crippen molar-refractivity contribution >= 4 is 11.1 Å². The minimum atomic E-state index is -3.17. The molecular weight excluding hydrogens is 575 g/mol. The van der Waals surface area contributed by atoms with Gasteiger partial charge in [0.05, 0.1) is 6.61 Å². The van der Waals surface area contributed by atoms with E-state index < -0.39 is 45.5 Å². The summed E-state index contributed by atoms with van der Waals surface area (Å²) < 4.78 is 33.3. The molecular formula is C34H35NaO7S. The number of hydrogen-bond acceptors (Lipinski definition) is 7. The van der Waals surface area contributed by atoms with Crippen LogP contribution in [0.1, 0.15) is 22.3 Å². The fraction of sp³-hybridized carbons (Fsp3) is 0.294. The Kier molecular flexibility index (Phi) is 10.8. The van der Waals surface area contributed by atoms with E-state index >= 15 is 0 Å². The largest absolute Gasteiger partial charge is 1.00 e. The van der Waals surface area contributed by atoms with Crippen molar-refractivity contribution in [2.45, 2.75) is 53.5 Å². The summed E-state index contributed by atoms with van der Waals surface area (Å²) in [5.74, 6) is 0. The van der Waals surface area contributed by atoms with Gasteiger partial charge in [0.25, 0.3) is 0 Å². The molecule has 4 aromatic rings. The van der Waals surface area contributed by atoms with Crippen LogP contribution in [0.5, 0.6) is 0 Å². The molecule has 0 spiro atoms. The van der Waals surface area contributed by atoms with Crippen molar-refractivity contribution in [1.29, 1.82) is 0 Å². The SMILES string of the molecule is O=S([O-])C1(Cc2ccccc2)O[C@H](CO)[C@](O)(Cc2ccccc2)[C@@](O)(Cc2ccccc2)[C@]1(O)Cc1ccccc1.[Na+]. The molecule has 5 rings (SSSR count). The molecule has 0 saturated carbocycles. The van der Waals surface area contributed by atoms with Gasteiger partial charge in [-0.1, -0.05) is 121 Å². The van der Waals surface area contributed by atoms with E-state index in [4.69, 9.17) is 4.74 Å². The molecule has 220 valence electrons. The van der Waals surface area contributed by atoms with E-state index in [0.29, 0.717) is 22.3 Å². The first-order valence-electron chi connectivity index (χ1n) is 13.9. The Labute approximate surface area is 276 Å². The van der Waals surface area contributed by atoms with E-state index in [1.807, 2.05) is 6.07 Å². The predicted molar refractivity (Wildman–Crippen MR) is 159 cm³/mol. The number of benzene rings is 4. The van der Waals surface area contributed by atoms with Gasteiger partial charge in [0, 0.05) is 25.7 Å². The molecule has 0 bridgehead atoms. The van der Waals surface area contributed by atoms with Gasteiger partial charge in [0.15, 0.2) is 4.93 Å². The minimum Gasteiger partial charge on any atom is -0.770 e. The van der Waals surface area contributed by atoms with Gasteiger partial charge >= 0.3 is 29.6 Å². The van der Waals surface area contributed by atoms with Crippen LogP contribution in [-0.2, 0) is 41.5 Å². The van der Waals surface area contributed by atoms with E-state index in [9.17, 15) is 29.2 Å². The average Bonchev–Trinajstić information content (AvgIpc) is 3.00. The molecule has 1 fully saturated rings. The molecule has 1 heterocycles. The molecule has 1 saturated heterocycles. The zero-order valence-electron chi connectivity index (χ0n) is 24.1. The van der Waals surface area contributed by atoms with E-state index in [2.05, 4.69) is 0 Å². The maximum Gasteiger partial charge on any atom is 1.00 e. The molecule has 7 nitrogen and oxygen atoms in total. The van der Waals surface area contributed by atoms with Crippen LogP contribution in [-0.4, -0.2) is 63.6 Å². The monoisotopic (exact) mass is 610 g/mol. The van der Waals surface area contributed by atoms with Crippen molar-refractivity contribution < 1.29 is 63.5 Å². The molecule has 0 radical (unpaired) electrons. The minimum absolute atomic E-state index is 0. The van der Waals surface area contributed by atoms with Crippen LogP contribution < -0.4 is 29.6 Å². The third kappa shape index (κ3) is 6.19. The van der Waals surface area contributed by atoms with Gasteiger partial charge < -0.3 is 29.7 Å². The fourth-order valence-corrected chi connectivity index (χ4v) is 7.37. The average molecular weight is 611 g/mol. The molecule has 9 heteroatoms. The van der Waals surface area contributed by atoms with Crippen molar-refractivity contribution in [3.63, 3.8) is 0 Å². The summed E-state index contributed by atoms with van der Waals surface area (Å²) in [6.45, 7) is -0.810. The first-order chi connectivity index (χ1) is 20.2. The molecule has 4 N–H and O–H groups in total. The summed E-state index contributed by atoms with van der Waals surface area (Å²) in [6, 6.07) is 35.0. The molecule has 1 aliphatic rings. The van der Waals surface area contributed by atoms with Crippen LogP contribution in [0.3, 0.4) is 0 Å². The Morgan fingerprint density at radius 1 is 0.605 bits per heavy atom. The smallest absolute Gasteiger partial charge is 0.770 e. The van der Waals surface area contributed by atoms with Gasteiger partial charge in [0.1, 0.15) is 22.9 Å². The van der Waals surface area contributed by atoms with E-state index in [0.717, 1.165) is 0 Å². The second kappa shape index (κ2) is 13.8. The van der Waals surface area contributed by atoms with E-state index in [1.165, 1.54) is 0 Å². The number of rotatable bonds is 10. The van der Waals surface area contributed by atoms with Crippen LogP contribution in [0.25, 0.3) is 0 Å². The molecule has 6 atom stereocenters. The predicted octanol–water partition coefficient (Wildman–Crippen LogP) is 0.121. The maximum atomic E-state index is 13.5. The van der Waals surface area contributed by atoms with Gasteiger partial charge in [-0.15, -0.1) is 0 Å². The van der Waals surface area contributed by atoms with Gasteiger partial charge in [-0.25, -0.2) is 0 Å². The third-order valence-corrected chi connectivity index (χ3v) is 9.65. The molecule has 4 aromatic carbocycles. The second-order valence-corrected chi connectivity index (χ2v) is 12.2. The summed E-state index contributed by atoms with van der Waals surface area (Å²) in [7, 11) is 0. The van der Waals surface area contributed by atoms with Crippen LogP contribution in [0.2, 0.25) is 0 Å². The molecule has 0 aliphatic carbocycles. The van der Waals surface area contributed by atoms with Crippen molar-refractivity contribution in [3.05, 3.63) is 144 Å². The van der Waals surface area contributed by atoms with Gasteiger partial charge in [-0.2, -0.15) is 0 Å². The van der Waals surface area contributed by atoms with Crippen molar-refractivity contribution in [2.75, 3.05) is 6.61 Å². The van der Waals surface area contributed by atoms with Gasteiger partial charge in [-0.05, 0) is 33.3 Å². The van der Waals surface area contributed by atoms with E-state index in [-0.39, 0.29) is 55.2 Å². The second-order valence-electron chi connectivity index (χ2n) is 11.1. The number of aliphatic hydroxyl groups excluding tert-OH is 1. The molecule has 2 unspecified atom stereocenters. The summed E-state index contributed by atoms with van der Waals surface area (Å²) in [6.07, 6.45) is -2.85. The van der Waals surface area contributed by atoms with E-state index in [1.54, 1.807) is 115 Å². The number of hydrogen-bond donors (Lipinski definition) is 4. The fourth-order valence-electron chi connectivity index (χ4n) is 6.37. The first-order valence-corrected chi connectivity index (χ1v) is 15.0. The summed E-state index contributed by atoms with van der Waals surface area (Å²) in [5.41, 5.74) is -5.27. The Hall–Kier alpha value is -2.21. The molecule has 0 aromatic heterocycles. The third-order valence-electron chi connectivity index (χ3n) is 8.53. The van der Waals surface area contributed by atoms with Crippen molar-refractivity contribution in [2.24, 2.45) is 0 Å². The Morgan fingerprint density at radius 2 is 0.953 bits per heavy atom. The number of ether oxygens (including phenoxy) is 1. The molecule has 43 heavy (non-hydrogen) atoms. The van der Waals surface area contributed by atoms with Crippen molar-refractivity contribution in [3.8, 4) is 0 Å². The van der Waals surface area contributed by atoms with Gasteiger partial charge in [-0.3, -0.25) is 4.21 Å². The van der Waals surface area contributed by atoms with Crippen LogP contribution in [0.4, 0.5) is 0 Å². The van der Waals surface area contributed by atoms with Crippen LogP contribution in [0.15, 0.2) is 121 Å². The maximum absolute atomic E-state index is 13.5. The van der Waals surface area contributed by atoms with Crippen LogP contribution in [0, 0.1) is 0 Å². The first kappa shape index (κ1) is 33.7. The molecule has 0 amide bonds. The van der Waals surface area contributed by atoms with Crippen LogP contribution >= 0.6 is 0 Å².